The van der Waals surface area contributed by atoms with Crippen LogP contribution < -0.4 is 15.4 Å². The highest BCUT2D eigenvalue weighted by Gasteiger charge is 2.05. The summed E-state index contributed by atoms with van der Waals surface area (Å²) in [6.45, 7) is -0.122. The first-order valence-corrected chi connectivity index (χ1v) is 8.41. The van der Waals surface area contributed by atoms with Gasteiger partial charge in [-0.3, -0.25) is 4.79 Å². The molecule has 0 radical (unpaired) electrons. The van der Waals surface area contributed by atoms with Crippen molar-refractivity contribution in [2.75, 3.05) is 17.2 Å². The third-order valence-corrected chi connectivity index (χ3v) is 3.75. The Bertz CT molecular complexity index is 967. The second-order valence-electron chi connectivity index (χ2n) is 5.54. The predicted molar refractivity (Wildman–Crippen MR) is 104 cm³/mol. The fraction of sp³-hybridized carbons (Fsp3) is 0.0500. The molecule has 0 bridgehead atoms. The molecule has 0 saturated heterocycles. The molecule has 1 heterocycles. The standard InChI is InChI=1S/C20H15ClN4O2/c21-15-4-7-18(8-5-15)27-13-20(26)25-17-6-9-19(23-12-17)24-16-3-1-2-14(10-16)11-22/h1-10,12H,13H2,(H,23,24)(H,25,26). The molecule has 2 N–H and O–H groups in total. The molecule has 3 aromatic rings. The highest BCUT2D eigenvalue weighted by atomic mass is 35.5. The minimum absolute atomic E-state index is 0.122. The van der Waals surface area contributed by atoms with Crippen LogP contribution in [0.5, 0.6) is 5.75 Å². The summed E-state index contributed by atoms with van der Waals surface area (Å²) in [5.41, 5.74) is 1.87. The second kappa shape index (κ2) is 8.70. The summed E-state index contributed by atoms with van der Waals surface area (Å²) >= 11 is 5.80. The Kier molecular flexibility index (Phi) is 5.87. The van der Waals surface area contributed by atoms with E-state index < -0.39 is 0 Å². The number of amides is 1. The molecule has 27 heavy (non-hydrogen) atoms. The maximum absolute atomic E-state index is 12.0. The number of anilines is 3. The van der Waals surface area contributed by atoms with Gasteiger partial charge in [0.2, 0.25) is 0 Å². The highest BCUT2D eigenvalue weighted by Crippen LogP contribution is 2.18. The van der Waals surface area contributed by atoms with E-state index in [1.165, 1.54) is 6.20 Å². The normalized spacial score (nSPS) is 9.93. The quantitative estimate of drug-likeness (QED) is 0.665. The van der Waals surface area contributed by atoms with Crippen molar-refractivity contribution in [3.8, 4) is 11.8 Å². The smallest absolute Gasteiger partial charge is 0.262 e. The van der Waals surface area contributed by atoms with Crippen LogP contribution in [-0.2, 0) is 4.79 Å². The van der Waals surface area contributed by atoms with Crippen LogP contribution >= 0.6 is 11.6 Å². The fourth-order valence-corrected chi connectivity index (χ4v) is 2.36. The van der Waals surface area contributed by atoms with Crippen molar-refractivity contribution < 1.29 is 9.53 Å². The lowest BCUT2D eigenvalue weighted by Gasteiger charge is -2.09. The number of ether oxygens (including phenoxy) is 1. The monoisotopic (exact) mass is 378 g/mol. The third kappa shape index (κ3) is 5.46. The summed E-state index contributed by atoms with van der Waals surface area (Å²) in [5, 5.41) is 15.3. The maximum atomic E-state index is 12.0. The molecule has 1 aromatic heterocycles. The number of nitriles is 1. The summed E-state index contributed by atoms with van der Waals surface area (Å²) in [7, 11) is 0. The molecule has 1 amide bonds. The summed E-state index contributed by atoms with van der Waals surface area (Å²) in [6, 6.07) is 19.4. The number of carbonyl (C=O) groups excluding carboxylic acids is 1. The number of hydrogen-bond donors (Lipinski definition) is 2. The summed E-state index contributed by atoms with van der Waals surface area (Å²) in [6.07, 6.45) is 1.54. The van der Waals surface area contributed by atoms with Gasteiger partial charge in [-0.05, 0) is 54.6 Å². The molecule has 0 atom stereocenters. The lowest BCUT2D eigenvalue weighted by Crippen LogP contribution is -2.20. The van der Waals surface area contributed by atoms with Crippen molar-refractivity contribution >= 4 is 34.7 Å². The third-order valence-electron chi connectivity index (χ3n) is 3.49. The fourth-order valence-electron chi connectivity index (χ4n) is 2.23. The van der Waals surface area contributed by atoms with Gasteiger partial charge >= 0.3 is 0 Å². The lowest BCUT2D eigenvalue weighted by atomic mass is 10.2. The van der Waals surface area contributed by atoms with Crippen molar-refractivity contribution in [1.82, 2.24) is 4.98 Å². The van der Waals surface area contributed by atoms with Gasteiger partial charge in [-0.1, -0.05) is 17.7 Å². The molecular weight excluding hydrogens is 364 g/mol. The van der Waals surface area contributed by atoms with E-state index in [-0.39, 0.29) is 12.5 Å². The Morgan fingerprint density at radius 3 is 2.63 bits per heavy atom. The Morgan fingerprint density at radius 1 is 1.11 bits per heavy atom. The topological polar surface area (TPSA) is 87.0 Å². The van der Waals surface area contributed by atoms with Crippen LogP contribution in [0.15, 0.2) is 66.9 Å². The molecule has 7 heteroatoms. The number of halogens is 1. The van der Waals surface area contributed by atoms with Crippen LogP contribution in [0.1, 0.15) is 5.56 Å². The molecule has 2 aromatic carbocycles. The van der Waals surface area contributed by atoms with Gasteiger partial charge in [0, 0.05) is 10.7 Å². The van der Waals surface area contributed by atoms with Gasteiger partial charge < -0.3 is 15.4 Å². The second-order valence-corrected chi connectivity index (χ2v) is 5.98. The minimum Gasteiger partial charge on any atom is -0.484 e. The van der Waals surface area contributed by atoms with E-state index in [4.69, 9.17) is 21.6 Å². The lowest BCUT2D eigenvalue weighted by molar-refractivity contribution is -0.118. The molecular formula is C20H15ClN4O2. The van der Waals surface area contributed by atoms with Gasteiger partial charge in [-0.25, -0.2) is 4.98 Å². The number of benzene rings is 2. The number of carbonyl (C=O) groups is 1. The van der Waals surface area contributed by atoms with Gasteiger partial charge in [0.15, 0.2) is 6.61 Å². The zero-order valence-electron chi connectivity index (χ0n) is 14.1. The first kappa shape index (κ1) is 18.2. The van der Waals surface area contributed by atoms with E-state index in [0.29, 0.717) is 27.8 Å². The molecule has 6 nitrogen and oxygen atoms in total. The molecule has 0 unspecified atom stereocenters. The van der Waals surface area contributed by atoms with E-state index in [1.54, 1.807) is 54.6 Å². The zero-order chi connectivity index (χ0) is 19.1. The first-order valence-electron chi connectivity index (χ1n) is 8.04. The maximum Gasteiger partial charge on any atom is 0.262 e. The summed E-state index contributed by atoms with van der Waals surface area (Å²) < 4.78 is 5.39. The van der Waals surface area contributed by atoms with E-state index in [0.717, 1.165) is 5.69 Å². The van der Waals surface area contributed by atoms with Crippen LogP contribution in [0.3, 0.4) is 0 Å². The van der Waals surface area contributed by atoms with E-state index in [9.17, 15) is 4.79 Å². The zero-order valence-corrected chi connectivity index (χ0v) is 14.9. The van der Waals surface area contributed by atoms with Crippen LogP contribution in [0.2, 0.25) is 5.02 Å². The molecule has 0 aliphatic heterocycles. The van der Waals surface area contributed by atoms with Crippen LogP contribution in [0.25, 0.3) is 0 Å². The Labute approximate surface area is 161 Å². The number of hydrogen-bond acceptors (Lipinski definition) is 5. The number of rotatable bonds is 6. The van der Waals surface area contributed by atoms with Crippen LogP contribution in [0.4, 0.5) is 17.2 Å². The summed E-state index contributed by atoms with van der Waals surface area (Å²) in [5.74, 6) is 0.863. The number of nitrogens with zero attached hydrogens (tertiary/aromatic N) is 2. The van der Waals surface area contributed by atoms with E-state index in [2.05, 4.69) is 21.7 Å². The predicted octanol–water partition coefficient (Wildman–Crippen LogP) is 4.37. The summed E-state index contributed by atoms with van der Waals surface area (Å²) in [4.78, 5) is 16.2. The average molecular weight is 379 g/mol. The van der Waals surface area contributed by atoms with Crippen molar-refractivity contribution in [3.63, 3.8) is 0 Å². The van der Waals surface area contributed by atoms with Crippen molar-refractivity contribution in [3.05, 3.63) is 77.4 Å². The van der Waals surface area contributed by atoms with Gasteiger partial charge in [0.1, 0.15) is 11.6 Å². The molecule has 0 aliphatic carbocycles. The van der Waals surface area contributed by atoms with Gasteiger partial charge in [0.25, 0.3) is 5.91 Å². The number of pyridine rings is 1. The SMILES string of the molecule is N#Cc1cccc(Nc2ccc(NC(=O)COc3ccc(Cl)cc3)cn2)c1. The van der Waals surface area contributed by atoms with Crippen molar-refractivity contribution in [2.24, 2.45) is 0 Å². The van der Waals surface area contributed by atoms with Crippen LogP contribution in [-0.4, -0.2) is 17.5 Å². The first-order chi connectivity index (χ1) is 13.1. The molecule has 134 valence electrons. The van der Waals surface area contributed by atoms with Gasteiger partial charge in [-0.2, -0.15) is 5.26 Å². The van der Waals surface area contributed by atoms with Crippen LogP contribution in [0, 0.1) is 11.3 Å². The Balaban J connectivity index is 1.53. The van der Waals surface area contributed by atoms with Gasteiger partial charge in [0.05, 0.1) is 23.5 Å². The minimum atomic E-state index is -0.297. The van der Waals surface area contributed by atoms with Crippen molar-refractivity contribution in [2.45, 2.75) is 0 Å². The van der Waals surface area contributed by atoms with E-state index >= 15 is 0 Å². The van der Waals surface area contributed by atoms with Gasteiger partial charge in [-0.15, -0.1) is 0 Å². The highest BCUT2D eigenvalue weighted by molar-refractivity contribution is 6.30. The van der Waals surface area contributed by atoms with E-state index in [1.807, 2.05) is 6.07 Å². The Morgan fingerprint density at radius 2 is 1.93 bits per heavy atom. The molecule has 0 aliphatic rings. The molecule has 0 saturated carbocycles. The van der Waals surface area contributed by atoms with Crippen molar-refractivity contribution in [1.29, 1.82) is 5.26 Å². The molecule has 3 rings (SSSR count). The number of nitrogens with one attached hydrogen (secondary N) is 2. The number of aromatic nitrogens is 1. The average Bonchev–Trinajstić information content (AvgIpc) is 2.69. The molecule has 0 spiro atoms. The Hall–Kier alpha value is -3.56. The largest absolute Gasteiger partial charge is 0.484 e. The molecule has 0 fully saturated rings.